The van der Waals surface area contributed by atoms with E-state index < -0.39 is 10.1 Å². The summed E-state index contributed by atoms with van der Waals surface area (Å²) in [6.07, 6.45) is 0.451. The molecule has 68 valence electrons. The summed E-state index contributed by atoms with van der Waals surface area (Å²) in [6.45, 7) is 4.64. The van der Waals surface area contributed by atoms with Crippen molar-refractivity contribution in [3.05, 3.63) is 0 Å². The van der Waals surface area contributed by atoms with Crippen molar-refractivity contribution in [3.8, 4) is 0 Å². The lowest BCUT2D eigenvalue weighted by molar-refractivity contribution is 0.471. The molecule has 0 heterocycles. The normalized spacial score (nSPS) is 14.8. The van der Waals surface area contributed by atoms with Gasteiger partial charge in [0.1, 0.15) is 0 Å². The summed E-state index contributed by atoms with van der Waals surface area (Å²) in [5, 5.41) is 3.04. The first kappa shape index (κ1) is 10.9. The Morgan fingerprint density at radius 1 is 1.55 bits per heavy atom. The van der Waals surface area contributed by atoms with Crippen molar-refractivity contribution in [1.29, 1.82) is 0 Å². The quantitative estimate of drug-likeness (QED) is 0.597. The Kier molecular flexibility index (Phi) is 4.63. The zero-order chi connectivity index (χ0) is 8.91. The Hall–Kier alpha value is -0.130. The highest BCUT2D eigenvalue weighted by Crippen LogP contribution is 1.93. The van der Waals surface area contributed by atoms with Gasteiger partial charge in [-0.25, -0.2) is 0 Å². The summed E-state index contributed by atoms with van der Waals surface area (Å²) in [5.74, 6) is -0.166. The monoisotopic (exact) mass is 181 g/mol. The highest BCUT2D eigenvalue weighted by atomic mass is 32.2. The van der Waals surface area contributed by atoms with Gasteiger partial charge in [-0.05, 0) is 19.9 Å². The molecule has 0 bridgehead atoms. The van der Waals surface area contributed by atoms with E-state index in [-0.39, 0.29) is 11.8 Å². The Bertz CT molecular complexity index is 188. The summed E-state index contributed by atoms with van der Waals surface area (Å²) in [5.41, 5.74) is 0. The van der Waals surface area contributed by atoms with Crippen LogP contribution in [0.5, 0.6) is 0 Å². The van der Waals surface area contributed by atoms with Crippen LogP contribution in [0.25, 0.3) is 0 Å². The van der Waals surface area contributed by atoms with Crippen LogP contribution < -0.4 is 5.32 Å². The number of nitrogens with one attached hydrogen (secondary N) is 1. The topological polar surface area (TPSA) is 66.4 Å². The minimum absolute atomic E-state index is 0.141. The van der Waals surface area contributed by atoms with Gasteiger partial charge in [-0.2, -0.15) is 8.42 Å². The maximum absolute atomic E-state index is 10.3. The molecule has 0 spiro atoms. The van der Waals surface area contributed by atoms with Crippen LogP contribution in [0.15, 0.2) is 0 Å². The fourth-order valence-corrected chi connectivity index (χ4v) is 1.43. The maximum Gasteiger partial charge on any atom is 0.264 e. The van der Waals surface area contributed by atoms with Gasteiger partial charge in [0.2, 0.25) is 0 Å². The number of hydrogen-bond acceptors (Lipinski definition) is 3. The Morgan fingerprint density at radius 2 is 2.09 bits per heavy atom. The highest BCUT2D eigenvalue weighted by Gasteiger charge is 2.07. The second-order valence-electron chi connectivity index (χ2n) is 2.53. The minimum Gasteiger partial charge on any atom is -0.314 e. The molecule has 0 aromatic heterocycles. The smallest absolute Gasteiger partial charge is 0.264 e. The van der Waals surface area contributed by atoms with Gasteiger partial charge in [0.05, 0.1) is 5.75 Å². The van der Waals surface area contributed by atoms with E-state index >= 15 is 0 Å². The summed E-state index contributed by atoms with van der Waals surface area (Å²) >= 11 is 0. The predicted molar refractivity (Wildman–Crippen MR) is 44.2 cm³/mol. The molecule has 0 aliphatic carbocycles. The molecule has 1 unspecified atom stereocenters. The zero-order valence-corrected chi connectivity index (χ0v) is 7.69. The third-order valence-corrected chi connectivity index (χ3v) is 2.11. The lowest BCUT2D eigenvalue weighted by atomic mass is 10.3. The first-order valence-corrected chi connectivity index (χ1v) is 5.25. The lowest BCUT2D eigenvalue weighted by Crippen LogP contribution is -2.27. The van der Waals surface area contributed by atoms with Crippen molar-refractivity contribution < 1.29 is 13.0 Å². The van der Waals surface area contributed by atoms with Gasteiger partial charge < -0.3 is 5.32 Å². The van der Waals surface area contributed by atoms with Crippen LogP contribution in [0.1, 0.15) is 20.3 Å². The second kappa shape index (κ2) is 4.69. The first-order chi connectivity index (χ1) is 4.95. The van der Waals surface area contributed by atoms with Crippen molar-refractivity contribution in [2.75, 3.05) is 12.3 Å². The summed E-state index contributed by atoms with van der Waals surface area (Å²) in [4.78, 5) is 0. The largest absolute Gasteiger partial charge is 0.314 e. The van der Waals surface area contributed by atoms with E-state index in [1.807, 2.05) is 13.8 Å². The van der Waals surface area contributed by atoms with Crippen molar-refractivity contribution in [2.45, 2.75) is 26.3 Å². The van der Waals surface area contributed by atoms with E-state index in [2.05, 4.69) is 5.32 Å². The fourth-order valence-electron chi connectivity index (χ4n) is 0.776. The molecule has 0 amide bonds. The molecule has 4 nitrogen and oxygen atoms in total. The molecule has 0 aromatic carbocycles. The van der Waals surface area contributed by atoms with Gasteiger partial charge in [0.25, 0.3) is 10.1 Å². The predicted octanol–water partition coefficient (Wildman–Crippen LogP) is 0.262. The van der Waals surface area contributed by atoms with Gasteiger partial charge in [-0.1, -0.05) is 6.92 Å². The molecule has 5 heteroatoms. The molecule has 0 saturated heterocycles. The van der Waals surface area contributed by atoms with Crippen LogP contribution >= 0.6 is 0 Å². The standard InChI is InChI=1S/C6H15NO3S/c1-3-7-6(2)4-5-11(8,9)10/h6-7H,3-5H2,1-2H3,(H,8,9,10). The van der Waals surface area contributed by atoms with Crippen LogP contribution in [0.4, 0.5) is 0 Å². The summed E-state index contributed by atoms with van der Waals surface area (Å²) < 4.78 is 28.9. The van der Waals surface area contributed by atoms with E-state index in [1.54, 1.807) is 0 Å². The van der Waals surface area contributed by atoms with E-state index in [0.717, 1.165) is 6.54 Å². The molecular formula is C6H15NO3S. The van der Waals surface area contributed by atoms with Gasteiger partial charge in [-0.15, -0.1) is 0 Å². The van der Waals surface area contributed by atoms with E-state index in [1.165, 1.54) is 0 Å². The molecule has 0 fully saturated rings. The van der Waals surface area contributed by atoms with Crippen LogP contribution in [0.3, 0.4) is 0 Å². The van der Waals surface area contributed by atoms with Gasteiger partial charge in [-0.3, -0.25) is 4.55 Å². The molecule has 1 atom stereocenters. The Morgan fingerprint density at radius 3 is 2.45 bits per heavy atom. The van der Waals surface area contributed by atoms with Crippen molar-refractivity contribution in [1.82, 2.24) is 5.32 Å². The average molecular weight is 181 g/mol. The molecule has 0 aromatic rings. The Balaban J connectivity index is 3.54. The first-order valence-electron chi connectivity index (χ1n) is 3.64. The lowest BCUT2D eigenvalue weighted by Gasteiger charge is -2.09. The number of rotatable bonds is 5. The van der Waals surface area contributed by atoms with E-state index in [0.29, 0.717) is 6.42 Å². The molecule has 11 heavy (non-hydrogen) atoms. The third kappa shape index (κ3) is 7.77. The zero-order valence-electron chi connectivity index (χ0n) is 6.87. The van der Waals surface area contributed by atoms with Crippen molar-refractivity contribution in [3.63, 3.8) is 0 Å². The highest BCUT2D eigenvalue weighted by molar-refractivity contribution is 7.85. The van der Waals surface area contributed by atoms with E-state index in [9.17, 15) is 8.42 Å². The molecular weight excluding hydrogens is 166 g/mol. The molecule has 2 N–H and O–H groups in total. The van der Waals surface area contributed by atoms with Crippen LogP contribution in [0.2, 0.25) is 0 Å². The third-order valence-electron chi connectivity index (χ3n) is 1.36. The second-order valence-corrected chi connectivity index (χ2v) is 4.11. The van der Waals surface area contributed by atoms with E-state index in [4.69, 9.17) is 4.55 Å². The van der Waals surface area contributed by atoms with Gasteiger partial charge >= 0.3 is 0 Å². The van der Waals surface area contributed by atoms with Crippen LogP contribution in [-0.2, 0) is 10.1 Å². The average Bonchev–Trinajstić information content (AvgIpc) is 1.83. The molecule has 0 rings (SSSR count). The maximum atomic E-state index is 10.3. The SMILES string of the molecule is CCNC(C)CCS(=O)(=O)O. The van der Waals surface area contributed by atoms with Crippen molar-refractivity contribution in [2.24, 2.45) is 0 Å². The minimum atomic E-state index is -3.78. The molecule has 0 radical (unpaired) electrons. The van der Waals surface area contributed by atoms with Crippen LogP contribution in [0, 0.1) is 0 Å². The van der Waals surface area contributed by atoms with Crippen molar-refractivity contribution >= 4 is 10.1 Å². The van der Waals surface area contributed by atoms with Gasteiger partial charge in [0, 0.05) is 6.04 Å². The molecule has 0 saturated carbocycles. The number of hydrogen-bond donors (Lipinski definition) is 2. The summed E-state index contributed by atoms with van der Waals surface area (Å²) in [7, 11) is -3.78. The molecule has 0 aliphatic heterocycles. The van der Waals surface area contributed by atoms with Gasteiger partial charge in [0.15, 0.2) is 0 Å². The Labute approximate surface area is 67.7 Å². The fraction of sp³-hybridized carbons (Fsp3) is 1.00. The molecule has 0 aliphatic rings. The van der Waals surface area contributed by atoms with Crippen LogP contribution in [-0.4, -0.2) is 31.3 Å². The summed E-state index contributed by atoms with van der Waals surface area (Å²) in [6, 6.07) is 0.141.